The average molecular weight is 225 g/mol. The summed E-state index contributed by atoms with van der Waals surface area (Å²) in [7, 11) is 0. The van der Waals surface area contributed by atoms with E-state index < -0.39 is 18.2 Å². The SMILES string of the molecule is OC1CCSc2nc(C(F)(F)F)nn21. The first kappa shape index (κ1) is 9.78. The molecule has 0 bridgehead atoms. The van der Waals surface area contributed by atoms with Gasteiger partial charge in [-0.2, -0.15) is 18.2 Å². The van der Waals surface area contributed by atoms with Crippen molar-refractivity contribution < 1.29 is 18.3 Å². The Balaban J connectivity index is 2.40. The van der Waals surface area contributed by atoms with E-state index in [1.165, 1.54) is 0 Å². The third kappa shape index (κ3) is 1.59. The Kier molecular flexibility index (Phi) is 2.18. The number of rotatable bonds is 0. The molecule has 0 aliphatic carbocycles. The van der Waals surface area contributed by atoms with Crippen LogP contribution in [0.3, 0.4) is 0 Å². The van der Waals surface area contributed by atoms with Crippen LogP contribution >= 0.6 is 11.8 Å². The summed E-state index contributed by atoms with van der Waals surface area (Å²) >= 11 is 1.16. The molecule has 1 N–H and O–H groups in total. The number of fused-ring (bicyclic) bond motifs is 1. The molecular weight excluding hydrogens is 219 g/mol. The maximum Gasteiger partial charge on any atom is 0.453 e. The minimum absolute atomic E-state index is 0.121. The number of thioether (sulfide) groups is 1. The monoisotopic (exact) mass is 225 g/mol. The molecular formula is C6H6F3N3OS. The number of aromatic nitrogens is 3. The van der Waals surface area contributed by atoms with Crippen LogP contribution < -0.4 is 0 Å². The van der Waals surface area contributed by atoms with Gasteiger partial charge in [-0.3, -0.25) is 0 Å². The first-order valence-corrected chi connectivity index (χ1v) is 4.81. The second-order valence-electron chi connectivity index (χ2n) is 2.78. The van der Waals surface area contributed by atoms with E-state index in [9.17, 15) is 18.3 Å². The zero-order valence-electron chi connectivity index (χ0n) is 6.82. The molecule has 0 spiro atoms. The van der Waals surface area contributed by atoms with Gasteiger partial charge in [0.2, 0.25) is 0 Å². The molecule has 0 aromatic carbocycles. The molecule has 1 aliphatic heterocycles. The largest absolute Gasteiger partial charge is 0.453 e. The van der Waals surface area contributed by atoms with Gasteiger partial charge in [-0.25, -0.2) is 4.68 Å². The van der Waals surface area contributed by atoms with Gasteiger partial charge in [-0.15, -0.1) is 5.10 Å². The van der Waals surface area contributed by atoms with Crippen molar-refractivity contribution in [1.82, 2.24) is 14.8 Å². The Morgan fingerprint density at radius 2 is 2.21 bits per heavy atom. The van der Waals surface area contributed by atoms with E-state index >= 15 is 0 Å². The third-order valence-corrected chi connectivity index (χ3v) is 2.72. The number of nitrogens with zero attached hydrogens (tertiary/aromatic N) is 3. The lowest BCUT2D eigenvalue weighted by molar-refractivity contribution is -0.145. The Bertz CT molecular complexity index is 351. The molecule has 1 aliphatic rings. The predicted molar refractivity (Wildman–Crippen MR) is 41.6 cm³/mol. The summed E-state index contributed by atoms with van der Waals surface area (Å²) in [5, 5.41) is 12.7. The van der Waals surface area contributed by atoms with Crippen LogP contribution in [0, 0.1) is 0 Å². The first-order chi connectivity index (χ1) is 6.48. The summed E-state index contributed by atoms with van der Waals surface area (Å²) in [6, 6.07) is 0. The molecule has 2 heterocycles. The van der Waals surface area contributed by atoms with Crippen LogP contribution in [0.25, 0.3) is 0 Å². The highest BCUT2D eigenvalue weighted by Crippen LogP contribution is 2.33. The van der Waals surface area contributed by atoms with E-state index in [2.05, 4.69) is 10.1 Å². The molecule has 2 rings (SSSR count). The maximum atomic E-state index is 12.2. The molecule has 0 saturated carbocycles. The fraction of sp³-hybridized carbons (Fsp3) is 0.667. The number of hydrogen-bond acceptors (Lipinski definition) is 4. The number of hydrogen-bond donors (Lipinski definition) is 1. The third-order valence-electron chi connectivity index (χ3n) is 1.74. The minimum atomic E-state index is -4.55. The van der Waals surface area contributed by atoms with Crippen molar-refractivity contribution in [3.63, 3.8) is 0 Å². The number of aliphatic hydroxyl groups excluding tert-OH is 1. The highest BCUT2D eigenvalue weighted by molar-refractivity contribution is 7.99. The summed E-state index contributed by atoms with van der Waals surface area (Å²) in [4.78, 5) is 3.30. The Morgan fingerprint density at radius 3 is 2.79 bits per heavy atom. The molecule has 0 saturated heterocycles. The molecule has 78 valence electrons. The van der Waals surface area contributed by atoms with Crippen molar-refractivity contribution in [2.45, 2.75) is 24.0 Å². The normalized spacial score (nSPS) is 22.1. The van der Waals surface area contributed by atoms with E-state index in [1.807, 2.05) is 0 Å². The summed E-state index contributed by atoms with van der Waals surface area (Å²) < 4.78 is 37.4. The van der Waals surface area contributed by atoms with E-state index in [0.29, 0.717) is 12.2 Å². The van der Waals surface area contributed by atoms with Crippen LogP contribution in [-0.2, 0) is 6.18 Å². The van der Waals surface area contributed by atoms with E-state index in [4.69, 9.17) is 0 Å². The number of halogens is 3. The molecule has 0 amide bonds. The van der Waals surface area contributed by atoms with Gasteiger partial charge >= 0.3 is 6.18 Å². The highest BCUT2D eigenvalue weighted by atomic mass is 32.2. The molecule has 1 unspecified atom stereocenters. The van der Waals surface area contributed by atoms with E-state index in [1.54, 1.807) is 0 Å². The van der Waals surface area contributed by atoms with Crippen LogP contribution in [0.2, 0.25) is 0 Å². The topological polar surface area (TPSA) is 50.9 Å². The summed E-state index contributed by atoms with van der Waals surface area (Å²) in [5.41, 5.74) is 0. The van der Waals surface area contributed by atoms with Crippen LogP contribution in [0.15, 0.2) is 5.16 Å². The molecule has 8 heteroatoms. The Hall–Kier alpha value is -0.760. The van der Waals surface area contributed by atoms with E-state index in [-0.39, 0.29) is 5.16 Å². The van der Waals surface area contributed by atoms with Crippen molar-refractivity contribution in [2.24, 2.45) is 0 Å². The van der Waals surface area contributed by atoms with Gasteiger partial charge in [-0.05, 0) is 0 Å². The summed E-state index contributed by atoms with van der Waals surface area (Å²) in [6.45, 7) is 0. The number of aliphatic hydroxyl groups is 1. The molecule has 1 aromatic rings. The van der Waals surface area contributed by atoms with Crippen LogP contribution in [0.4, 0.5) is 13.2 Å². The lowest BCUT2D eigenvalue weighted by Crippen LogP contribution is -2.17. The van der Waals surface area contributed by atoms with Crippen LogP contribution in [-0.4, -0.2) is 25.6 Å². The minimum Gasteiger partial charge on any atom is -0.372 e. The van der Waals surface area contributed by atoms with Gasteiger partial charge in [0.25, 0.3) is 5.82 Å². The quantitative estimate of drug-likeness (QED) is 0.722. The Morgan fingerprint density at radius 1 is 1.50 bits per heavy atom. The number of alkyl halides is 3. The lowest BCUT2D eigenvalue weighted by Gasteiger charge is -2.16. The van der Waals surface area contributed by atoms with Gasteiger partial charge in [0, 0.05) is 12.2 Å². The van der Waals surface area contributed by atoms with Crippen molar-refractivity contribution in [3.8, 4) is 0 Å². The average Bonchev–Trinajstić information content (AvgIpc) is 2.48. The first-order valence-electron chi connectivity index (χ1n) is 3.83. The van der Waals surface area contributed by atoms with Crippen molar-refractivity contribution >= 4 is 11.8 Å². The second kappa shape index (κ2) is 3.13. The molecule has 1 atom stereocenters. The smallest absolute Gasteiger partial charge is 0.372 e. The zero-order valence-corrected chi connectivity index (χ0v) is 7.64. The zero-order chi connectivity index (χ0) is 10.3. The molecule has 4 nitrogen and oxygen atoms in total. The summed E-state index contributed by atoms with van der Waals surface area (Å²) in [5.74, 6) is -0.641. The van der Waals surface area contributed by atoms with Crippen LogP contribution in [0.1, 0.15) is 18.5 Å². The van der Waals surface area contributed by atoms with Gasteiger partial charge in [0.15, 0.2) is 11.4 Å². The highest BCUT2D eigenvalue weighted by Gasteiger charge is 2.38. The van der Waals surface area contributed by atoms with E-state index in [0.717, 1.165) is 16.4 Å². The van der Waals surface area contributed by atoms with Gasteiger partial charge in [0.05, 0.1) is 0 Å². The molecule has 0 fully saturated rings. The second-order valence-corrected chi connectivity index (χ2v) is 3.84. The fourth-order valence-electron chi connectivity index (χ4n) is 1.10. The standard InChI is InChI=1S/C6H6F3N3OS/c7-6(8,9)4-10-5-12(11-4)3(13)1-2-14-5/h3,13H,1-2H2. The van der Waals surface area contributed by atoms with Gasteiger partial charge in [-0.1, -0.05) is 11.8 Å². The fourth-order valence-corrected chi connectivity index (χ4v) is 2.06. The molecule has 14 heavy (non-hydrogen) atoms. The Labute approximate surface area is 81.1 Å². The summed E-state index contributed by atoms with van der Waals surface area (Å²) in [6.07, 6.45) is -5.15. The van der Waals surface area contributed by atoms with Gasteiger partial charge in [0.1, 0.15) is 0 Å². The maximum absolute atomic E-state index is 12.2. The lowest BCUT2D eigenvalue weighted by atomic mass is 10.4. The predicted octanol–water partition coefficient (Wildman–Crippen LogP) is 1.28. The van der Waals surface area contributed by atoms with Crippen molar-refractivity contribution in [3.05, 3.63) is 5.82 Å². The van der Waals surface area contributed by atoms with Crippen LogP contribution in [0.5, 0.6) is 0 Å². The van der Waals surface area contributed by atoms with Gasteiger partial charge < -0.3 is 5.11 Å². The molecule has 1 aromatic heterocycles. The van der Waals surface area contributed by atoms with Crippen molar-refractivity contribution in [1.29, 1.82) is 0 Å². The molecule has 0 radical (unpaired) electrons. The van der Waals surface area contributed by atoms with Crippen molar-refractivity contribution in [2.75, 3.05) is 5.75 Å².